The smallest absolute Gasteiger partial charge is 0.408 e. The molecule has 1 atom stereocenters. The fraction of sp³-hybridized carbons (Fsp3) is 0.450. The van der Waals surface area contributed by atoms with Crippen LogP contribution in [-0.2, 0) is 30.5 Å². The SMILES string of the molecule is NCC(=O)NCC(=O)NCC(=O)NCCCCC(NC(=O)OCc1ccccc1)C(=O)O. The normalized spacial score (nSPS) is 11.0. The molecule has 176 valence electrons. The minimum atomic E-state index is -1.19. The van der Waals surface area contributed by atoms with Crippen LogP contribution in [-0.4, -0.2) is 67.1 Å². The quantitative estimate of drug-likeness (QED) is 0.191. The number of rotatable bonds is 14. The van der Waals surface area contributed by atoms with E-state index in [0.717, 1.165) is 5.56 Å². The number of alkyl carbamates (subject to hydrolysis) is 1. The number of amides is 4. The average Bonchev–Trinajstić information content (AvgIpc) is 2.79. The maximum absolute atomic E-state index is 11.8. The molecule has 0 aliphatic carbocycles. The summed E-state index contributed by atoms with van der Waals surface area (Å²) in [4.78, 5) is 57.2. The van der Waals surface area contributed by atoms with Gasteiger partial charge in [-0.05, 0) is 24.8 Å². The molecule has 4 amide bonds. The summed E-state index contributed by atoms with van der Waals surface area (Å²) >= 11 is 0. The van der Waals surface area contributed by atoms with Crippen LogP contribution in [0.5, 0.6) is 0 Å². The lowest BCUT2D eigenvalue weighted by Gasteiger charge is -2.14. The molecule has 0 fully saturated rings. The lowest BCUT2D eigenvalue weighted by molar-refractivity contribution is -0.139. The molecule has 0 aliphatic heterocycles. The highest BCUT2D eigenvalue weighted by Crippen LogP contribution is 2.04. The number of unbranched alkanes of at least 4 members (excludes halogenated alkanes) is 1. The Morgan fingerprint density at radius 1 is 0.906 bits per heavy atom. The van der Waals surface area contributed by atoms with Crippen molar-refractivity contribution in [2.24, 2.45) is 5.73 Å². The van der Waals surface area contributed by atoms with Gasteiger partial charge >= 0.3 is 12.1 Å². The summed E-state index contributed by atoms with van der Waals surface area (Å²) in [5.74, 6) is -2.63. The first-order valence-electron chi connectivity index (χ1n) is 10.0. The van der Waals surface area contributed by atoms with Gasteiger partial charge in [-0.25, -0.2) is 9.59 Å². The molecule has 12 heteroatoms. The molecular weight excluding hydrogens is 422 g/mol. The van der Waals surface area contributed by atoms with Crippen molar-refractivity contribution < 1.29 is 33.8 Å². The molecule has 0 heterocycles. The molecule has 0 saturated heterocycles. The number of carbonyl (C=O) groups is 5. The second kappa shape index (κ2) is 15.2. The van der Waals surface area contributed by atoms with Crippen LogP contribution >= 0.6 is 0 Å². The van der Waals surface area contributed by atoms with Crippen LogP contribution in [0.1, 0.15) is 24.8 Å². The molecule has 1 rings (SSSR count). The van der Waals surface area contributed by atoms with Gasteiger partial charge < -0.3 is 36.8 Å². The minimum Gasteiger partial charge on any atom is -0.480 e. The van der Waals surface area contributed by atoms with Gasteiger partial charge in [0, 0.05) is 6.54 Å². The number of hydrogen-bond donors (Lipinski definition) is 6. The van der Waals surface area contributed by atoms with Crippen molar-refractivity contribution in [1.29, 1.82) is 0 Å². The molecule has 0 spiro atoms. The highest BCUT2D eigenvalue weighted by Gasteiger charge is 2.20. The van der Waals surface area contributed by atoms with Crippen LogP contribution in [0.2, 0.25) is 0 Å². The summed E-state index contributed by atoms with van der Waals surface area (Å²) in [6, 6.07) is 7.87. The first-order valence-corrected chi connectivity index (χ1v) is 10.0. The summed E-state index contributed by atoms with van der Waals surface area (Å²) in [7, 11) is 0. The van der Waals surface area contributed by atoms with E-state index in [1.807, 2.05) is 6.07 Å². The fourth-order valence-electron chi connectivity index (χ4n) is 2.42. The van der Waals surface area contributed by atoms with E-state index >= 15 is 0 Å². The molecule has 32 heavy (non-hydrogen) atoms. The number of nitrogens with one attached hydrogen (secondary N) is 4. The summed E-state index contributed by atoms with van der Waals surface area (Å²) in [5.41, 5.74) is 5.87. The summed E-state index contributed by atoms with van der Waals surface area (Å²) < 4.78 is 5.02. The number of aliphatic carboxylic acids is 1. The molecule has 0 aliphatic rings. The van der Waals surface area contributed by atoms with Crippen LogP contribution in [0.15, 0.2) is 30.3 Å². The van der Waals surface area contributed by atoms with Crippen LogP contribution in [0, 0.1) is 0 Å². The Labute approximate surface area is 185 Å². The van der Waals surface area contributed by atoms with Crippen molar-refractivity contribution in [3.8, 4) is 0 Å². The standard InChI is InChI=1S/C20H29N5O7/c21-10-16(26)23-12-18(28)24-11-17(27)22-9-5-4-8-15(19(29)30)25-20(31)32-13-14-6-2-1-3-7-14/h1-3,6-7,15H,4-5,8-13,21H2,(H,22,27)(H,23,26)(H,24,28)(H,25,31)(H,29,30). The Morgan fingerprint density at radius 3 is 2.16 bits per heavy atom. The van der Waals surface area contributed by atoms with Crippen molar-refractivity contribution in [1.82, 2.24) is 21.3 Å². The Balaban J connectivity index is 2.18. The third-order valence-corrected chi connectivity index (χ3v) is 4.12. The second-order valence-corrected chi connectivity index (χ2v) is 6.70. The van der Waals surface area contributed by atoms with Crippen LogP contribution in [0.25, 0.3) is 0 Å². The van der Waals surface area contributed by atoms with Crippen molar-refractivity contribution in [3.05, 3.63) is 35.9 Å². The minimum absolute atomic E-state index is 0.0287. The van der Waals surface area contributed by atoms with Gasteiger partial charge in [0.25, 0.3) is 0 Å². The molecule has 1 aromatic carbocycles. The zero-order valence-electron chi connectivity index (χ0n) is 17.6. The Bertz CT molecular complexity index is 773. The lowest BCUT2D eigenvalue weighted by atomic mass is 10.1. The first-order chi connectivity index (χ1) is 15.3. The van der Waals surface area contributed by atoms with Crippen molar-refractivity contribution in [2.75, 3.05) is 26.2 Å². The molecule has 0 radical (unpaired) electrons. The predicted octanol–water partition coefficient (Wildman–Crippen LogP) is -1.16. The van der Waals surface area contributed by atoms with Gasteiger partial charge in [0.2, 0.25) is 17.7 Å². The first kappa shape index (κ1) is 26.4. The highest BCUT2D eigenvalue weighted by atomic mass is 16.5. The number of hydrogen-bond acceptors (Lipinski definition) is 7. The number of carboxylic acids is 1. The average molecular weight is 451 g/mol. The lowest BCUT2D eigenvalue weighted by Crippen LogP contribution is -2.43. The van der Waals surface area contributed by atoms with E-state index in [9.17, 15) is 29.1 Å². The molecule has 7 N–H and O–H groups in total. The zero-order valence-corrected chi connectivity index (χ0v) is 17.6. The van der Waals surface area contributed by atoms with E-state index in [-0.39, 0.29) is 39.2 Å². The Kier molecular flexibility index (Phi) is 12.5. The largest absolute Gasteiger partial charge is 0.480 e. The fourth-order valence-corrected chi connectivity index (χ4v) is 2.42. The number of nitrogens with two attached hydrogens (primary N) is 1. The summed E-state index contributed by atoms with van der Waals surface area (Å²) in [6.07, 6.45) is 0.223. The topological polar surface area (TPSA) is 189 Å². The third kappa shape index (κ3) is 12.1. The second-order valence-electron chi connectivity index (χ2n) is 6.70. The van der Waals surface area contributed by atoms with E-state index in [0.29, 0.717) is 12.8 Å². The summed E-state index contributed by atoms with van der Waals surface area (Å²) in [5, 5.41) is 18.7. The zero-order chi connectivity index (χ0) is 23.8. The maximum Gasteiger partial charge on any atom is 0.408 e. The molecule has 1 unspecified atom stereocenters. The monoisotopic (exact) mass is 451 g/mol. The predicted molar refractivity (Wildman–Crippen MR) is 113 cm³/mol. The number of benzene rings is 1. The number of carboxylic acid groups (broad SMARTS) is 1. The molecule has 0 aromatic heterocycles. The van der Waals surface area contributed by atoms with Crippen molar-refractivity contribution in [3.63, 3.8) is 0 Å². The number of ether oxygens (including phenoxy) is 1. The molecule has 12 nitrogen and oxygen atoms in total. The van der Waals surface area contributed by atoms with Gasteiger partial charge in [-0.15, -0.1) is 0 Å². The molecular formula is C20H29N5O7. The van der Waals surface area contributed by atoms with E-state index in [1.54, 1.807) is 24.3 Å². The van der Waals surface area contributed by atoms with Gasteiger partial charge in [0.1, 0.15) is 12.6 Å². The van der Waals surface area contributed by atoms with Gasteiger partial charge in [-0.3, -0.25) is 14.4 Å². The van der Waals surface area contributed by atoms with Gasteiger partial charge in [-0.2, -0.15) is 0 Å². The van der Waals surface area contributed by atoms with Crippen LogP contribution in [0.4, 0.5) is 4.79 Å². The number of carbonyl (C=O) groups excluding carboxylic acids is 4. The Morgan fingerprint density at radius 2 is 1.53 bits per heavy atom. The highest BCUT2D eigenvalue weighted by molar-refractivity contribution is 5.88. The molecule has 0 saturated carbocycles. The van der Waals surface area contributed by atoms with E-state index in [2.05, 4.69) is 21.3 Å². The Hall–Kier alpha value is -3.67. The van der Waals surface area contributed by atoms with E-state index in [1.165, 1.54) is 0 Å². The van der Waals surface area contributed by atoms with E-state index < -0.39 is 35.8 Å². The molecule has 1 aromatic rings. The van der Waals surface area contributed by atoms with Crippen molar-refractivity contribution >= 4 is 29.8 Å². The van der Waals surface area contributed by atoms with Crippen LogP contribution < -0.4 is 27.0 Å². The van der Waals surface area contributed by atoms with E-state index in [4.69, 9.17) is 10.5 Å². The van der Waals surface area contributed by atoms with Gasteiger partial charge in [-0.1, -0.05) is 30.3 Å². The third-order valence-electron chi connectivity index (χ3n) is 4.12. The van der Waals surface area contributed by atoms with Crippen molar-refractivity contribution in [2.45, 2.75) is 31.9 Å². The maximum atomic E-state index is 11.8. The van der Waals surface area contributed by atoms with Gasteiger partial charge in [0.05, 0.1) is 19.6 Å². The summed E-state index contributed by atoms with van der Waals surface area (Å²) in [6.45, 7) is -0.476. The van der Waals surface area contributed by atoms with Gasteiger partial charge in [0.15, 0.2) is 0 Å². The van der Waals surface area contributed by atoms with Crippen LogP contribution in [0.3, 0.4) is 0 Å². The molecule has 0 bridgehead atoms.